The van der Waals surface area contributed by atoms with Crippen LogP contribution in [-0.2, 0) is 0 Å². The van der Waals surface area contributed by atoms with Crippen molar-refractivity contribution in [3.05, 3.63) is 33.3 Å². The highest BCUT2D eigenvalue weighted by atomic mass is 79.9. The summed E-state index contributed by atoms with van der Waals surface area (Å²) in [5, 5.41) is 3.82. The minimum atomic E-state index is 0. The molecule has 0 saturated carbocycles. The van der Waals surface area contributed by atoms with Crippen LogP contribution < -0.4 is 5.32 Å². The number of carbonyl (C=O) groups is 1. The average molecular weight is 396 g/mol. The molecule has 0 aliphatic carbocycles. The zero-order valence-electron chi connectivity index (χ0n) is 12.1. The van der Waals surface area contributed by atoms with Gasteiger partial charge < -0.3 is 10.2 Å². The number of piperidine rings is 1. The van der Waals surface area contributed by atoms with Crippen molar-refractivity contribution in [1.29, 1.82) is 0 Å². The van der Waals surface area contributed by atoms with Crippen LogP contribution in [0.15, 0.2) is 22.7 Å². The molecule has 1 amide bonds. The van der Waals surface area contributed by atoms with E-state index in [1.54, 1.807) is 18.2 Å². The van der Waals surface area contributed by atoms with Gasteiger partial charge in [0.15, 0.2) is 0 Å². The Bertz CT molecular complexity index is 477. The van der Waals surface area contributed by atoms with Crippen LogP contribution in [0.25, 0.3) is 0 Å². The van der Waals surface area contributed by atoms with E-state index in [1.807, 2.05) is 11.9 Å². The zero-order valence-corrected chi connectivity index (χ0v) is 15.2. The lowest BCUT2D eigenvalue weighted by atomic mass is 9.93. The van der Waals surface area contributed by atoms with Crippen molar-refractivity contribution in [2.75, 3.05) is 26.7 Å². The van der Waals surface area contributed by atoms with Crippen molar-refractivity contribution in [2.24, 2.45) is 5.92 Å². The monoisotopic (exact) mass is 394 g/mol. The first-order chi connectivity index (χ1) is 9.61. The van der Waals surface area contributed by atoms with E-state index in [2.05, 4.69) is 21.2 Å². The number of hydrogen-bond acceptors (Lipinski definition) is 2. The topological polar surface area (TPSA) is 32.3 Å². The Morgan fingerprint density at radius 2 is 2.10 bits per heavy atom. The molecule has 1 saturated heterocycles. The molecule has 1 N–H and O–H groups in total. The molecule has 118 valence electrons. The largest absolute Gasteiger partial charge is 0.339 e. The first-order valence-corrected chi connectivity index (χ1v) is 8.18. The summed E-state index contributed by atoms with van der Waals surface area (Å²) in [5.74, 6) is 0.845. The molecule has 1 aromatic carbocycles. The number of nitrogens with zero attached hydrogens (tertiary/aromatic N) is 1. The molecule has 21 heavy (non-hydrogen) atoms. The lowest BCUT2D eigenvalue weighted by Crippen LogP contribution is -2.38. The molecule has 0 bridgehead atoms. The van der Waals surface area contributed by atoms with Gasteiger partial charge in [0.2, 0.25) is 0 Å². The second-order valence-electron chi connectivity index (χ2n) is 5.26. The summed E-state index contributed by atoms with van der Waals surface area (Å²) in [6, 6.07) is 5.36. The highest BCUT2D eigenvalue weighted by Gasteiger charge is 2.23. The summed E-state index contributed by atoms with van der Waals surface area (Å²) in [5.41, 5.74) is 0.704. The number of amides is 1. The van der Waals surface area contributed by atoms with Gasteiger partial charge in [-0.2, -0.15) is 0 Å². The standard InChI is InChI=1S/C15H20BrClN2O.ClH/c1-18-7-4-11-5-8-19(9-6-11)15(20)12-2-3-14(17)13(16)10-12;/h2-3,10-11,18H,4-9H2,1H3;1H. The normalized spacial score (nSPS) is 15.7. The Labute approximate surface area is 146 Å². The molecule has 1 heterocycles. The molecule has 3 nitrogen and oxygen atoms in total. The summed E-state index contributed by atoms with van der Waals surface area (Å²) in [7, 11) is 1.98. The summed E-state index contributed by atoms with van der Waals surface area (Å²) in [6.07, 6.45) is 3.40. The molecule has 0 atom stereocenters. The first-order valence-electron chi connectivity index (χ1n) is 7.00. The molecule has 1 fully saturated rings. The van der Waals surface area contributed by atoms with Gasteiger partial charge in [0.05, 0.1) is 5.02 Å². The lowest BCUT2D eigenvalue weighted by molar-refractivity contribution is 0.0687. The van der Waals surface area contributed by atoms with Crippen molar-refractivity contribution >= 4 is 45.8 Å². The van der Waals surface area contributed by atoms with Gasteiger partial charge in [0.1, 0.15) is 0 Å². The Morgan fingerprint density at radius 3 is 2.67 bits per heavy atom. The van der Waals surface area contributed by atoms with E-state index in [1.165, 1.54) is 6.42 Å². The molecule has 0 unspecified atom stereocenters. The third kappa shape index (κ3) is 5.13. The Balaban J connectivity index is 0.00000220. The van der Waals surface area contributed by atoms with Crippen LogP contribution in [0.1, 0.15) is 29.6 Å². The summed E-state index contributed by atoms with van der Waals surface area (Å²) >= 11 is 9.33. The molecule has 0 spiro atoms. The van der Waals surface area contributed by atoms with Crippen LogP contribution in [0.2, 0.25) is 5.02 Å². The molecular weight excluding hydrogens is 375 g/mol. The lowest BCUT2D eigenvalue weighted by Gasteiger charge is -2.32. The average Bonchev–Trinajstić information content (AvgIpc) is 2.48. The van der Waals surface area contributed by atoms with Gasteiger partial charge in [-0.25, -0.2) is 0 Å². The van der Waals surface area contributed by atoms with Crippen LogP contribution >= 0.6 is 39.9 Å². The molecule has 2 rings (SSSR count). The van der Waals surface area contributed by atoms with Gasteiger partial charge in [-0.1, -0.05) is 11.6 Å². The van der Waals surface area contributed by atoms with Crippen LogP contribution in [0.3, 0.4) is 0 Å². The zero-order chi connectivity index (χ0) is 14.5. The summed E-state index contributed by atoms with van der Waals surface area (Å²) in [6.45, 7) is 2.77. The van der Waals surface area contributed by atoms with Crippen molar-refractivity contribution in [3.8, 4) is 0 Å². The third-order valence-corrected chi connectivity index (χ3v) is 5.08. The van der Waals surface area contributed by atoms with Crippen molar-refractivity contribution in [2.45, 2.75) is 19.3 Å². The second-order valence-corrected chi connectivity index (χ2v) is 6.52. The molecule has 6 heteroatoms. The molecule has 1 aromatic rings. The number of likely N-dealkylation sites (tertiary alicyclic amines) is 1. The second kappa shape index (κ2) is 8.99. The van der Waals surface area contributed by atoms with Gasteiger partial charge in [-0.3, -0.25) is 4.79 Å². The van der Waals surface area contributed by atoms with E-state index in [4.69, 9.17) is 11.6 Å². The number of benzene rings is 1. The van der Waals surface area contributed by atoms with Crippen molar-refractivity contribution in [1.82, 2.24) is 10.2 Å². The van der Waals surface area contributed by atoms with E-state index in [0.29, 0.717) is 10.6 Å². The van der Waals surface area contributed by atoms with E-state index in [-0.39, 0.29) is 18.3 Å². The van der Waals surface area contributed by atoms with Crippen LogP contribution in [0.4, 0.5) is 0 Å². The molecule has 1 aliphatic heterocycles. The highest BCUT2D eigenvalue weighted by Crippen LogP contribution is 2.25. The van der Waals surface area contributed by atoms with Crippen molar-refractivity contribution in [3.63, 3.8) is 0 Å². The van der Waals surface area contributed by atoms with Crippen LogP contribution in [0.5, 0.6) is 0 Å². The Hall–Kier alpha value is -0.290. The third-order valence-electron chi connectivity index (χ3n) is 3.87. The number of nitrogens with one attached hydrogen (secondary N) is 1. The molecule has 1 aliphatic rings. The van der Waals surface area contributed by atoms with E-state index in [9.17, 15) is 4.79 Å². The van der Waals surface area contributed by atoms with E-state index < -0.39 is 0 Å². The van der Waals surface area contributed by atoms with E-state index in [0.717, 1.165) is 42.9 Å². The fourth-order valence-corrected chi connectivity index (χ4v) is 3.08. The van der Waals surface area contributed by atoms with Gasteiger partial charge in [0.25, 0.3) is 5.91 Å². The number of hydrogen-bond donors (Lipinski definition) is 1. The SMILES string of the molecule is CNCCC1CCN(C(=O)c2ccc(Cl)c(Br)c2)CC1.Cl. The predicted molar refractivity (Wildman–Crippen MR) is 93.6 cm³/mol. The number of rotatable bonds is 4. The maximum Gasteiger partial charge on any atom is 0.253 e. The maximum absolute atomic E-state index is 12.4. The van der Waals surface area contributed by atoms with Crippen LogP contribution in [-0.4, -0.2) is 37.5 Å². The maximum atomic E-state index is 12.4. The Morgan fingerprint density at radius 1 is 1.43 bits per heavy atom. The van der Waals surface area contributed by atoms with E-state index >= 15 is 0 Å². The minimum Gasteiger partial charge on any atom is -0.339 e. The summed E-state index contributed by atoms with van der Waals surface area (Å²) < 4.78 is 0.772. The highest BCUT2D eigenvalue weighted by molar-refractivity contribution is 9.10. The molecule has 0 radical (unpaired) electrons. The predicted octanol–water partition coefficient (Wildman–Crippen LogP) is 3.99. The minimum absolute atomic E-state index is 0. The number of halogens is 3. The number of carbonyl (C=O) groups excluding carboxylic acids is 1. The smallest absolute Gasteiger partial charge is 0.253 e. The Kier molecular flexibility index (Phi) is 8.03. The van der Waals surface area contributed by atoms with Gasteiger partial charge in [0, 0.05) is 23.1 Å². The fourth-order valence-electron chi connectivity index (χ4n) is 2.58. The van der Waals surface area contributed by atoms with Gasteiger partial charge >= 0.3 is 0 Å². The molecule has 0 aromatic heterocycles. The quantitative estimate of drug-likeness (QED) is 0.835. The summed E-state index contributed by atoms with van der Waals surface area (Å²) in [4.78, 5) is 14.4. The van der Waals surface area contributed by atoms with Crippen LogP contribution in [0, 0.1) is 5.92 Å². The fraction of sp³-hybridized carbons (Fsp3) is 0.533. The van der Waals surface area contributed by atoms with Crippen molar-refractivity contribution < 1.29 is 4.79 Å². The first kappa shape index (κ1) is 18.8. The van der Waals surface area contributed by atoms with Gasteiger partial charge in [-0.15, -0.1) is 12.4 Å². The molecular formula is C15H21BrCl2N2O. The van der Waals surface area contributed by atoms with Gasteiger partial charge in [-0.05, 0) is 72.9 Å².